The van der Waals surface area contributed by atoms with E-state index in [1.165, 1.54) is 16.8 Å². The van der Waals surface area contributed by atoms with E-state index >= 15 is 0 Å². The van der Waals surface area contributed by atoms with E-state index in [1.807, 2.05) is 0 Å². The predicted molar refractivity (Wildman–Crippen MR) is 98.7 cm³/mol. The molecular formula is C22H23N. The Labute approximate surface area is 139 Å². The van der Waals surface area contributed by atoms with Crippen LogP contribution in [0.5, 0.6) is 0 Å². The van der Waals surface area contributed by atoms with Gasteiger partial charge in [-0.3, -0.25) is 0 Å². The highest BCUT2D eigenvalue weighted by atomic mass is 15.1. The minimum atomic E-state index is 0.958. The fraction of sp³-hybridized carbons (Fsp3) is 0.182. The summed E-state index contributed by atoms with van der Waals surface area (Å²) in [5, 5.41) is 0. The molecule has 0 N–H and O–H groups in total. The lowest BCUT2D eigenvalue weighted by atomic mass is 10.1. The number of nitrogens with zero attached hydrogens (tertiary/aromatic N) is 1. The molecule has 0 fully saturated rings. The highest BCUT2D eigenvalue weighted by Crippen LogP contribution is 2.18. The van der Waals surface area contributed by atoms with Gasteiger partial charge in [-0.2, -0.15) is 0 Å². The standard InChI is InChI=1S/C22H23N/c1-4-11-20(12-5-1)15-10-18-23(22-16-8-3-9-17-22)19-21-13-6-2-7-14-21/h1-9,11-14,16-17H,10,15,18-19H2. The molecule has 1 heteroatoms. The lowest BCUT2D eigenvalue weighted by Gasteiger charge is -2.25. The van der Waals surface area contributed by atoms with E-state index in [2.05, 4.69) is 95.9 Å². The van der Waals surface area contributed by atoms with E-state index < -0.39 is 0 Å². The lowest BCUT2D eigenvalue weighted by Crippen LogP contribution is -2.24. The molecule has 3 rings (SSSR count). The van der Waals surface area contributed by atoms with Crippen molar-refractivity contribution in [3.63, 3.8) is 0 Å². The van der Waals surface area contributed by atoms with Crippen molar-refractivity contribution in [2.45, 2.75) is 19.4 Å². The van der Waals surface area contributed by atoms with Crippen molar-refractivity contribution in [3.05, 3.63) is 102 Å². The maximum absolute atomic E-state index is 2.47. The maximum Gasteiger partial charge on any atom is 0.0429 e. The summed E-state index contributed by atoms with van der Waals surface area (Å²) in [7, 11) is 0. The molecule has 0 aromatic heterocycles. The highest BCUT2D eigenvalue weighted by Gasteiger charge is 2.07. The van der Waals surface area contributed by atoms with Crippen molar-refractivity contribution in [1.29, 1.82) is 0 Å². The molecule has 0 saturated heterocycles. The van der Waals surface area contributed by atoms with Gasteiger partial charge in [-0.15, -0.1) is 0 Å². The first-order chi connectivity index (χ1) is 11.4. The first-order valence-corrected chi connectivity index (χ1v) is 8.30. The second-order valence-electron chi connectivity index (χ2n) is 5.83. The van der Waals surface area contributed by atoms with Gasteiger partial charge in [0.2, 0.25) is 0 Å². The average Bonchev–Trinajstić information content (AvgIpc) is 2.63. The molecule has 0 amide bonds. The molecule has 23 heavy (non-hydrogen) atoms. The van der Waals surface area contributed by atoms with Crippen LogP contribution in [0.25, 0.3) is 0 Å². The van der Waals surface area contributed by atoms with Crippen LogP contribution in [0.1, 0.15) is 17.5 Å². The van der Waals surface area contributed by atoms with Crippen molar-refractivity contribution in [2.75, 3.05) is 11.4 Å². The van der Waals surface area contributed by atoms with Crippen LogP contribution in [-0.4, -0.2) is 6.54 Å². The van der Waals surface area contributed by atoms with Crippen LogP contribution in [-0.2, 0) is 13.0 Å². The number of rotatable bonds is 7. The van der Waals surface area contributed by atoms with Crippen molar-refractivity contribution in [2.24, 2.45) is 0 Å². The van der Waals surface area contributed by atoms with E-state index in [1.54, 1.807) is 0 Å². The molecule has 0 bridgehead atoms. The summed E-state index contributed by atoms with van der Waals surface area (Å²) in [6.45, 7) is 2.02. The van der Waals surface area contributed by atoms with Gasteiger partial charge in [0.05, 0.1) is 0 Å². The van der Waals surface area contributed by atoms with Crippen LogP contribution in [0.4, 0.5) is 5.69 Å². The monoisotopic (exact) mass is 301 g/mol. The SMILES string of the molecule is c1ccc(CCCN(Cc2ccccc2)c2ccccc2)cc1. The van der Waals surface area contributed by atoms with Crippen LogP contribution in [0.2, 0.25) is 0 Å². The van der Waals surface area contributed by atoms with Crippen molar-refractivity contribution in [3.8, 4) is 0 Å². The number of hydrogen-bond donors (Lipinski definition) is 0. The van der Waals surface area contributed by atoms with Gasteiger partial charge in [0.15, 0.2) is 0 Å². The fourth-order valence-corrected chi connectivity index (χ4v) is 2.86. The second-order valence-corrected chi connectivity index (χ2v) is 5.83. The zero-order valence-corrected chi connectivity index (χ0v) is 13.4. The molecule has 1 nitrogen and oxygen atoms in total. The molecule has 0 spiro atoms. The molecule has 0 atom stereocenters. The number of para-hydroxylation sites is 1. The summed E-state index contributed by atoms with van der Waals surface area (Å²) < 4.78 is 0. The number of benzene rings is 3. The van der Waals surface area contributed by atoms with E-state index in [0.717, 1.165) is 25.9 Å². The Bertz CT molecular complexity index is 677. The molecule has 0 heterocycles. The Morgan fingerprint density at radius 1 is 0.565 bits per heavy atom. The molecule has 0 aliphatic carbocycles. The second kappa shape index (κ2) is 8.19. The molecule has 0 aliphatic rings. The minimum absolute atomic E-state index is 0.958. The Morgan fingerprint density at radius 2 is 1.09 bits per heavy atom. The fourth-order valence-electron chi connectivity index (χ4n) is 2.86. The quantitative estimate of drug-likeness (QED) is 0.570. The van der Waals surface area contributed by atoms with Crippen molar-refractivity contribution in [1.82, 2.24) is 0 Å². The van der Waals surface area contributed by atoms with Gasteiger partial charge in [-0.1, -0.05) is 78.9 Å². The Hall–Kier alpha value is -2.54. The van der Waals surface area contributed by atoms with Gasteiger partial charge in [-0.25, -0.2) is 0 Å². The lowest BCUT2D eigenvalue weighted by molar-refractivity contribution is 0.728. The molecule has 3 aromatic rings. The largest absolute Gasteiger partial charge is 0.367 e. The summed E-state index contributed by atoms with van der Waals surface area (Å²) in [6, 6.07) is 32.2. The third-order valence-electron chi connectivity index (χ3n) is 4.07. The van der Waals surface area contributed by atoms with Gasteiger partial charge in [0, 0.05) is 18.8 Å². The highest BCUT2D eigenvalue weighted by molar-refractivity contribution is 5.46. The molecule has 0 unspecified atom stereocenters. The van der Waals surface area contributed by atoms with Crippen molar-refractivity contribution < 1.29 is 0 Å². The van der Waals surface area contributed by atoms with Crippen LogP contribution >= 0.6 is 0 Å². The summed E-state index contributed by atoms with van der Waals surface area (Å²) >= 11 is 0. The van der Waals surface area contributed by atoms with Gasteiger partial charge < -0.3 is 4.90 Å². The van der Waals surface area contributed by atoms with E-state index in [4.69, 9.17) is 0 Å². The average molecular weight is 301 g/mol. The third kappa shape index (κ3) is 4.72. The van der Waals surface area contributed by atoms with Gasteiger partial charge in [-0.05, 0) is 36.1 Å². The van der Waals surface area contributed by atoms with Crippen molar-refractivity contribution >= 4 is 5.69 Å². The molecule has 3 aromatic carbocycles. The van der Waals surface area contributed by atoms with Crippen LogP contribution in [0, 0.1) is 0 Å². The molecule has 0 radical (unpaired) electrons. The minimum Gasteiger partial charge on any atom is -0.367 e. The molecule has 116 valence electrons. The number of hydrogen-bond acceptors (Lipinski definition) is 1. The van der Waals surface area contributed by atoms with E-state index in [0.29, 0.717) is 0 Å². The van der Waals surface area contributed by atoms with Gasteiger partial charge in [0.1, 0.15) is 0 Å². The van der Waals surface area contributed by atoms with Gasteiger partial charge >= 0.3 is 0 Å². The van der Waals surface area contributed by atoms with Crippen LogP contribution in [0.3, 0.4) is 0 Å². The zero-order valence-electron chi connectivity index (χ0n) is 13.4. The normalized spacial score (nSPS) is 10.4. The molecule has 0 saturated carbocycles. The summed E-state index contributed by atoms with van der Waals surface area (Å²) in [4.78, 5) is 2.47. The number of aryl methyl sites for hydroxylation is 1. The predicted octanol–water partition coefficient (Wildman–Crippen LogP) is 5.33. The first kappa shape index (κ1) is 15.4. The van der Waals surface area contributed by atoms with E-state index in [9.17, 15) is 0 Å². The van der Waals surface area contributed by atoms with Gasteiger partial charge in [0.25, 0.3) is 0 Å². The Morgan fingerprint density at radius 3 is 1.70 bits per heavy atom. The third-order valence-corrected chi connectivity index (χ3v) is 4.07. The van der Waals surface area contributed by atoms with Crippen LogP contribution < -0.4 is 4.90 Å². The van der Waals surface area contributed by atoms with Crippen LogP contribution in [0.15, 0.2) is 91.0 Å². The Kier molecular flexibility index (Phi) is 5.47. The summed E-state index contributed by atoms with van der Waals surface area (Å²) in [5.74, 6) is 0. The molecular weight excluding hydrogens is 278 g/mol. The zero-order chi connectivity index (χ0) is 15.7. The topological polar surface area (TPSA) is 3.24 Å². The first-order valence-electron chi connectivity index (χ1n) is 8.30. The number of anilines is 1. The molecule has 0 aliphatic heterocycles. The van der Waals surface area contributed by atoms with E-state index in [-0.39, 0.29) is 0 Å². The maximum atomic E-state index is 2.47. The smallest absolute Gasteiger partial charge is 0.0429 e. The summed E-state index contributed by atoms with van der Waals surface area (Å²) in [5.41, 5.74) is 4.07. The Balaban J connectivity index is 1.65. The summed E-state index contributed by atoms with van der Waals surface area (Å²) in [6.07, 6.45) is 2.28.